The number of nitrogens with one attached hydrogen (secondary N) is 1. The van der Waals surface area contributed by atoms with Crippen LogP contribution in [0.15, 0.2) is 79.1 Å². The number of ether oxygens (including phenoxy) is 1. The third-order valence-corrected chi connectivity index (χ3v) is 4.95. The molecule has 172 valence electrons. The highest BCUT2D eigenvalue weighted by molar-refractivity contribution is 5.64. The monoisotopic (exact) mass is 454 g/mol. The van der Waals surface area contributed by atoms with E-state index in [1.54, 1.807) is 6.07 Å². The van der Waals surface area contributed by atoms with Crippen LogP contribution < -0.4 is 10.1 Å². The standard InChI is InChI=1S/C26H21FN4O.C2H6/c1-18-7-9-19(10-8-18)13-24-25(32-16-20-5-3-2-4-6-20)26(30-17-29-24)31-22-12-11-21(15-28)23(27)14-22;1-2/h2-12,14,17H,13,16H2,1H3,(H,29,30,31);1-2H3. The van der Waals surface area contributed by atoms with Crippen LogP contribution in [0.25, 0.3) is 0 Å². The maximum Gasteiger partial charge on any atom is 0.184 e. The van der Waals surface area contributed by atoms with Gasteiger partial charge in [-0.3, -0.25) is 0 Å². The van der Waals surface area contributed by atoms with Gasteiger partial charge in [0.1, 0.15) is 24.8 Å². The highest BCUT2D eigenvalue weighted by atomic mass is 19.1. The fraction of sp³-hybridized carbons (Fsp3) is 0.179. The fourth-order valence-corrected chi connectivity index (χ4v) is 3.23. The zero-order valence-corrected chi connectivity index (χ0v) is 19.5. The Labute approximate surface area is 199 Å². The number of anilines is 2. The first-order valence-corrected chi connectivity index (χ1v) is 11.1. The van der Waals surface area contributed by atoms with Crippen LogP contribution >= 0.6 is 0 Å². The molecule has 0 unspecified atom stereocenters. The number of halogens is 1. The molecule has 4 aromatic rings. The summed E-state index contributed by atoms with van der Waals surface area (Å²) in [5.74, 6) is 0.335. The number of nitriles is 1. The van der Waals surface area contributed by atoms with Crippen molar-refractivity contribution in [2.24, 2.45) is 0 Å². The molecule has 0 radical (unpaired) electrons. The second-order valence-corrected chi connectivity index (χ2v) is 7.37. The van der Waals surface area contributed by atoms with Crippen LogP contribution in [0.2, 0.25) is 0 Å². The quantitative estimate of drug-likeness (QED) is 0.335. The van der Waals surface area contributed by atoms with Gasteiger partial charge in [-0.2, -0.15) is 5.26 Å². The fourth-order valence-electron chi connectivity index (χ4n) is 3.23. The van der Waals surface area contributed by atoms with Gasteiger partial charge in [0.15, 0.2) is 11.6 Å². The van der Waals surface area contributed by atoms with Crippen molar-refractivity contribution in [3.05, 3.63) is 113 Å². The van der Waals surface area contributed by atoms with Gasteiger partial charge in [-0.05, 0) is 36.2 Å². The number of hydrogen-bond acceptors (Lipinski definition) is 5. The van der Waals surface area contributed by atoms with Crippen LogP contribution in [0.3, 0.4) is 0 Å². The predicted molar refractivity (Wildman–Crippen MR) is 133 cm³/mol. The minimum Gasteiger partial charge on any atom is -0.483 e. The smallest absolute Gasteiger partial charge is 0.184 e. The molecule has 0 amide bonds. The Bertz CT molecular complexity index is 1250. The lowest BCUT2D eigenvalue weighted by Crippen LogP contribution is -2.07. The van der Waals surface area contributed by atoms with Crippen LogP contribution in [-0.2, 0) is 13.0 Å². The van der Waals surface area contributed by atoms with Crippen molar-refractivity contribution >= 4 is 11.5 Å². The molecule has 0 atom stereocenters. The number of rotatable bonds is 7. The first-order chi connectivity index (χ1) is 16.6. The van der Waals surface area contributed by atoms with Gasteiger partial charge in [-0.1, -0.05) is 74.0 Å². The summed E-state index contributed by atoms with van der Waals surface area (Å²) in [5.41, 5.74) is 4.45. The number of benzene rings is 3. The average molecular weight is 455 g/mol. The van der Waals surface area contributed by atoms with Crippen LogP contribution in [0.4, 0.5) is 15.9 Å². The minimum atomic E-state index is -0.599. The molecular weight excluding hydrogens is 427 g/mol. The summed E-state index contributed by atoms with van der Waals surface area (Å²) in [6, 6.07) is 24.2. The van der Waals surface area contributed by atoms with E-state index >= 15 is 0 Å². The van der Waals surface area contributed by atoms with Crippen LogP contribution in [0, 0.1) is 24.1 Å². The van der Waals surface area contributed by atoms with Crippen molar-refractivity contribution in [1.29, 1.82) is 5.26 Å². The molecule has 1 aromatic heterocycles. The van der Waals surface area contributed by atoms with Crippen molar-refractivity contribution in [1.82, 2.24) is 9.97 Å². The summed E-state index contributed by atoms with van der Waals surface area (Å²) >= 11 is 0. The topological polar surface area (TPSA) is 70.8 Å². The summed E-state index contributed by atoms with van der Waals surface area (Å²) in [7, 11) is 0. The second-order valence-electron chi connectivity index (χ2n) is 7.37. The second kappa shape index (κ2) is 12.1. The molecule has 0 saturated heterocycles. The molecule has 0 fully saturated rings. The van der Waals surface area contributed by atoms with Gasteiger partial charge < -0.3 is 10.1 Å². The van der Waals surface area contributed by atoms with E-state index in [9.17, 15) is 4.39 Å². The summed E-state index contributed by atoms with van der Waals surface area (Å²) in [5, 5.41) is 12.1. The van der Waals surface area contributed by atoms with Crippen molar-refractivity contribution in [2.45, 2.75) is 33.8 Å². The van der Waals surface area contributed by atoms with Crippen molar-refractivity contribution in [2.75, 3.05) is 5.32 Å². The van der Waals surface area contributed by atoms with Crippen molar-refractivity contribution in [3.63, 3.8) is 0 Å². The first kappa shape index (κ1) is 24.4. The molecule has 0 aliphatic carbocycles. The lowest BCUT2D eigenvalue weighted by atomic mass is 10.1. The third kappa shape index (κ3) is 6.39. The van der Waals surface area contributed by atoms with E-state index in [-0.39, 0.29) is 5.56 Å². The van der Waals surface area contributed by atoms with E-state index < -0.39 is 5.82 Å². The van der Waals surface area contributed by atoms with Crippen LogP contribution in [0.1, 0.15) is 41.8 Å². The molecule has 0 saturated carbocycles. The van der Waals surface area contributed by atoms with Crippen LogP contribution in [-0.4, -0.2) is 9.97 Å². The van der Waals surface area contributed by atoms with Gasteiger partial charge in [-0.25, -0.2) is 14.4 Å². The maximum absolute atomic E-state index is 14.1. The molecule has 1 heterocycles. The molecule has 5 nitrogen and oxygen atoms in total. The maximum atomic E-state index is 14.1. The SMILES string of the molecule is CC.Cc1ccc(Cc2ncnc(Nc3ccc(C#N)c(F)c3)c2OCc2ccccc2)cc1. The predicted octanol–water partition coefficient (Wildman–Crippen LogP) is 6.74. The Morgan fingerprint density at radius 3 is 2.35 bits per heavy atom. The molecule has 4 rings (SSSR count). The molecule has 0 aliphatic rings. The molecule has 0 spiro atoms. The van der Waals surface area contributed by atoms with E-state index in [0.29, 0.717) is 30.3 Å². The first-order valence-electron chi connectivity index (χ1n) is 11.1. The van der Waals surface area contributed by atoms with Crippen LogP contribution in [0.5, 0.6) is 5.75 Å². The summed E-state index contributed by atoms with van der Waals surface area (Å²) in [6.45, 7) is 6.38. The molecule has 34 heavy (non-hydrogen) atoms. The Kier molecular flexibility index (Phi) is 8.70. The Morgan fingerprint density at radius 1 is 0.941 bits per heavy atom. The van der Waals surface area contributed by atoms with E-state index in [1.807, 2.05) is 57.2 Å². The van der Waals surface area contributed by atoms with E-state index in [2.05, 4.69) is 39.6 Å². The van der Waals surface area contributed by atoms with Gasteiger partial charge in [0.25, 0.3) is 0 Å². The third-order valence-electron chi connectivity index (χ3n) is 4.95. The molecule has 0 bridgehead atoms. The number of nitrogens with zero attached hydrogens (tertiary/aromatic N) is 3. The largest absolute Gasteiger partial charge is 0.483 e. The minimum absolute atomic E-state index is 0.0150. The van der Waals surface area contributed by atoms with E-state index in [4.69, 9.17) is 10.00 Å². The Hall–Kier alpha value is -4.24. The lowest BCUT2D eigenvalue weighted by Gasteiger charge is -2.16. The highest BCUT2D eigenvalue weighted by Crippen LogP contribution is 2.31. The zero-order valence-electron chi connectivity index (χ0n) is 19.5. The van der Waals surface area contributed by atoms with Gasteiger partial charge in [0, 0.05) is 12.1 Å². The number of hydrogen-bond donors (Lipinski definition) is 1. The Balaban J connectivity index is 0.00000158. The molecule has 6 heteroatoms. The molecular formula is C28H27FN4O. The van der Waals surface area contributed by atoms with Crippen molar-refractivity contribution < 1.29 is 9.13 Å². The Morgan fingerprint density at radius 2 is 1.68 bits per heavy atom. The van der Waals surface area contributed by atoms with Gasteiger partial charge in [0.05, 0.1) is 11.3 Å². The lowest BCUT2D eigenvalue weighted by molar-refractivity contribution is 0.302. The van der Waals surface area contributed by atoms with Gasteiger partial charge in [-0.15, -0.1) is 0 Å². The molecule has 0 aliphatic heterocycles. The van der Waals surface area contributed by atoms with Gasteiger partial charge >= 0.3 is 0 Å². The van der Waals surface area contributed by atoms with Gasteiger partial charge in [0.2, 0.25) is 0 Å². The highest BCUT2D eigenvalue weighted by Gasteiger charge is 2.15. The number of aromatic nitrogens is 2. The van der Waals surface area contributed by atoms with E-state index in [0.717, 1.165) is 16.8 Å². The van der Waals surface area contributed by atoms with E-state index in [1.165, 1.54) is 24.0 Å². The average Bonchev–Trinajstić information content (AvgIpc) is 2.87. The summed E-state index contributed by atoms with van der Waals surface area (Å²) in [4.78, 5) is 8.80. The molecule has 3 aromatic carbocycles. The molecule has 1 N–H and O–H groups in total. The number of aryl methyl sites for hydroxylation is 1. The summed E-state index contributed by atoms with van der Waals surface area (Å²) in [6.07, 6.45) is 2.02. The van der Waals surface area contributed by atoms with Crippen molar-refractivity contribution in [3.8, 4) is 11.8 Å². The summed E-state index contributed by atoms with van der Waals surface area (Å²) < 4.78 is 20.3. The zero-order chi connectivity index (χ0) is 24.3. The normalized spacial score (nSPS) is 9.97.